The Labute approximate surface area is 639 Å². The van der Waals surface area contributed by atoms with Gasteiger partial charge >= 0.3 is 42.0 Å². The zero-order valence-electron chi connectivity index (χ0n) is 62.6. The van der Waals surface area contributed by atoms with Gasteiger partial charge in [0.05, 0.1) is 93.4 Å². The molecule has 8 heterocycles. The number of carboxylic acid groups (broad SMARTS) is 1. The van der Waals surface area contributed by atoms with Crippen molar-refractivity contribution in [3.63, 3.8) is 0 Å². The lowest BCUT2D eigenvalue weighted by Crippen LogP contribution is -2.25. The molecule has 0 saturated carbocycles. The van der Waals surface area contributed by atoms with Crippen LogP contribution in [0.15, 0.2) is 163 Å². The number of imidazole rings is 4. The molecule has 1 atom stereocenters. The van der Waals surface area contributed by atoms with Gasteiger partial charge in [0.2, 0.25) is 23.8 Å². The van der Waals surface area contributed by atoms with Gasteiger partial charge in [0, 0.05) is 57.6 Å². The molecular formula is C79H73N17O17. The molecule has 34 nitrogen and oxygen atoms in total. The molecule has 0 spiro atoms. The first-order valence-corrected chi connectivity index (χ1v) is 35.1. The third-order valence-electron chi connectivity index (χ3n) is 17.8. The highest BCUT2D eigenvalue weighted by atomic mass is 16.7. The van der Waals surface area contributed by atoms with Crippen molar-refractivity contribution in [1.29, 1.82) is 0 Å². The maximum atomic E-state index is 12.2. The highest BCUT2D eigenvalue weighted by molar-refractivity contribution is 6.01. The van der Waals surface area contributed by atoms with Gasteiger partial charge in [-0.25, -0.2) is 39.8 Å². The number of aliphatic hydroxyl groups is 1. The molecule has 0 bridgehead atoms. The van der Waals surface area contributed by atoms with Crippen LogP contribution in [-0.4, -0.2) is 143 Å². The molecule has 113 heavy (non-hydrogen) atoms. The number of carboxylic acids is 1. The maximum absolute atomic E-state index is 12.2. The van der Waals surface area contributed by atoms with Gasteiger partial charge in [-0.2, -0.15) is 19.9 Å². The summed E-state index contributed by atoms with van der Waals surface area (Å²) in [6.45, 7) is 11.0. The van der Waals surface area contributed by atoms with E-state index in [1.807, 2.05) is 53.0 Å². The van der Waals surface area contributed by atoms with E-state index in [0.717, 1.165) is 27.6 Å². The van der Waals surface area contributed by atoms with Gasteiger partial charge in [0.25, 0.3) is 5.91 Å². The Morgan fingerprint density at radius 1 is 0.398 bits per heavy atom. The quantitative estimate of drug-likeness (QED) is 0.0143. The average Bonchev–Trinajstić information content (AvgIpc) is 1.65. The third kappa shape index (κ3) is 16.9. The van der Waals surface area contributed by atoms with Crippen LogP contribution in [0, 0.1) is 0 Å². The van der Waals surface area contributed by atoms with Crippen LogP contribution in [0.1, 0.15) is 126 Å². The molecule has 34 heteroatoms. The SMILES string of the molecule is CC(=O)c1ccc2nc(Nc3nc4cc(C(=O)O)ccc4n3C)oc2c1.CCOC(=O)c1ccc2c(c1)nc(Nc1nc3ccc(C(C)=O)cc3o1)n2C.CCOC(=O)c1ccc2c(c1)nc(Nc1nc3ccc(C(C)O)cc3o1)n2C.COCCONC(=O)c1ccc2c(c1)nc(Nc1nc3ccc(C(C)=O)cc3o1)n2C. The zero-order chi connectivity index (χ0) is 80.1. The van der Waals surface area contributed by atoms with Crippen LogP contribution >= 0.6 is 0 Å². The number of aliphatic hydroxyl groups excluding tert-OH is 1. The molecule has 16 aromatic rings. The molecule has 1 unspecified atom stereocenters. The predicted octanol–water partition coefficient (Wildman–Crippen LogP) is 13.9. The minimum atomic E-state index is -1.01. The number of hydrogen-bond acceptors (Lipinski definition) is 28. The standard InChI is InChI=1S/C21H21N5O5.C20H20N4O4.C20H18N4O4.C18H14N4O4/c1-12(27)13-4-6-15-18(11-13)31-21(23-15)24-20-22-16-10-14(5-7-17(16)26(20)2)19(28)25-30-9-8-29-3;2*1-4-27-18(26)13-6-8-16-15(9-13)21-19(24(16)3)23-20-22-14-7-5-12(11(2)25)10-17(14)28-20;1-9(23)10-3-5-12-15(8-10)26-18(20-12)21-17-19-13-7-11(16(24)25)4-6-14(13)22(17)2/h4-7,10-11H,8-9H2,1-3H3,(H,25,28)(H,22,23,24);5-11,25H,4H2,1-3H3,(H,21,22,23);5-10H,4H2,1-3H3,(H,21,22,23);3-8H,1-2H3,(H,24,25)(H,19,20,21). The Morgan fingerprint density at radius 2 is 0.708 bits per heavy atom. The monoisotopic (exact) mass is 1530 g/mol. The molecule has 0 radical (unpaired) electrons. The summed E-state index contributed by atoms with van der Waals surface area (Å²) in [5, 5.41) is 31.0. The summed E-state index contributed by atoms with van der Waals surface area (Å²) in [5.74, 6) is -0.307. The molecule has 16 rings (SSSR count). The van der Waals surface area contributed by atoms with Crippen LogP contribution < -0.4 is 26.7 Å². The maximum Gasteiger partial charge on any atom is 0.338 e. The molecule has 0 aliphatic carbocycles. The number of nitrogens with zero attached hydrogens (tertiary/aromatic N) is 12. The lowest BCUT2D eigenvalue weighted by Gasteiger charge is -2.05. The molecule has 0 aliphatic heterocycles. The number of Topliss-reactive ketones (excluding diaryl/α,β-unsaturated/α-hetero) is 3. The summed E-state index contributed by atoms with van der Waals surface area (Å²) in [6.07, 6.45) is -0.584. The second kappa shape index (κ2) is 32.7. The van der Waals surface area contributed by atoms with Crippen LogP contribution in [-0.2, 0) is 47.2 Å². The largest absolute Gasteiger partial charge is 0.478 e. The third-order valence-corrected chi connectivity index (χ3v) is 17.8. The Kier molecular flexibility index (Phi) is 22.2. The number of fused-ring (bicyclic) bond motifs is 8. The van der Waals surface area contributed by atoms with Crippen molar-refractivity contribution in [3.05, 3.63) is 190 Å². The summed E-state index contributed by atoms with van der Waals surface area (Å²) >= 11 is 0. The van der Waals surface area contributed by atoms with Gasteiger partial charge in [-0.15, -0.1) is 0 Å². The number of rotatable bonds is 22. The molecule has 576 valence electrons. The number of methoxy groups -OCH3 is 1. The summed E-state index contributed by atoms with van der Waals surface area (Å²) in [6, 6.07) is 42.0. The molecule has 0 saturated heterocycles. The molecule has 8 aromatic heterocycles. The van der Waals surface area contributed by atoms with Crippen LogP contribution in [0.3, 0.4) is 0 Å². The van der Waals surface area contributed by atoms with Gasteiger partial charge in [0.1, 0.15) is 22.1 Å². The summed E-state index contributed by atoms with van der Waals surface area (Å²) in [7, 11) is 8.89. The number of carbonyl (C=O) groups excluding carboxylic acids is 6. The number of ether oxygens (including phenoxy) is 3. The van der Waals surface area contributed by atoms with E-state index < -0.39 is 12.1 Å². The van der Waals surface area contributed by atoms with Crippen LogP contribution in [0.25, 0.3) is 88.5 Å². The number of aromatic carboxylic acids is 1. The normalized spacial score (nSPS) is 11.5. The minimum absolute atomic E-state index is 0.0411. The second-order valence-corrected chi connectivity index (χ2v) is 25.5. The van der Waals surface area contributed by atoms with Crippen molar-refractivity contribution in [1.82, 2.24) is 63.6 Å². The van der Waals surface area contributed by atoms with Crippen molar-refractivity contribution in [3.8, 4) is 0 Å². The molecule has 0 aliphatic rings. The second-order valence-electron chi connectivity index (χ2n) is 25.5. The number of anilines is 8. The number of ketones is 3. The first-order chi connectivity index (χ1) is 54.3. The van der Waals surface area contributed by atoms with E-state index in [9.17, 15) is 38.7 Å². The number of benzene rings is 8. The van der Waals surface area contributed by atoms with Crippen molar-refractivity contribution < 1.29 is 80.5 Å². The number of hydroxylamine groups is 1. The van der Waals surface area contributed by atoms with E-state index in [2.05, 4.69) is 66.6 Å². The number of carbonyl (C=O) groups is 7. The summed E-state index contributed by atoms with van der Waals surface area (Å²) in [5.41, 5.74) is 16.6. The number of aromatic nitrogens is 12. The Balaban J connectivity index is 0.000000132. The number of nitrogens with one attached hydrogen (secondary N) is 5. The van der Waals surface area contributed by atoms with Crippen LogP contribution in [0.4, 0.5) is 47.9 Å². The Bertz CT molecular complexity index is 6390. The van der Waals surface area contributed by atoms with Gasteiger partial charge in [0.15, 0.2) is 39.7 Å². The zero-order valence-corrected chi connectivity index (χ0v) is 62.6. The molecule has 7 N–H and O–H groups in total. The minimum Gasteiger partial charge on any atom is -0.478 e. The van der Waals surface area contributed by atoms with Crippen molar-refractivity contribution in [2.45, 2.75) is 47.6 Å². The lowest BCUT2D eigenvalue weighted by molar-refractivity contribution is 0.00888. The number of amides is 1. The fourth-order valence-electron chi connectivity index (χ4n) is 11.7. The first kappa shape index (κ1) is 76.7. The van der Waals surface area contributed by atoms with Gasteiger partial charge in [-0.1, -0.05) is 6.07 Å². The van der Waals surface area contributed by atoms with Crippen molar-refractivity contribution in [2.75, 3.05) is 54.8 Å². The van der Waals surface area contributed by atoms with Crippen LogP contribution in [0.5, 0.6) is 0 Å². The Morgan fingerprint density at radius 3 is 1.04 bits per heavy atom. The van der Waals surface area contributed by atoms with E-state index in [0.29, 0.717) is 149 Å². The number of esters is 2. The lowest BCUT2D eigenvalue weighted by atomic mass is 10.1. The first-order valence-electron chi connectivity index (χ1n) is 35.1. The van der Waals surface area contributed by atoms with Gasteiger partial charge in [-0.3, -0.25) is 45.3 Å². The van der Waals surface area contributed by atoms with E-state index in [1.54, 1.807) is 155 Å². The van der Waals surface area contributed by atoms with E-state index in [4.69, 9.17) is 41.8 Å². The number of oxazole rings is 4. The highest BCUT2D eigenvalue weighted by Crippen LogP contribution is 2.32. The summed E-state index contributed by atoms with van der Waals surface area (Å²) < 4.78 is 45.0. The van der Waals surface area contributed by atoms with E-state index in [1.165, 1.54) is 32.9 Å². The fourth-order valence-corrected chi connectivity index (χ4v) is 11.7. The topological polar surface area (TPSA) is 432 Å². The molecular weight excluding hydrogens is 1460 g/mol. The van der Waals surface area contributed by atoms with Gasteiger partial charge in [-0.05, 0) is 187 Å². The highest BCUT2D eigenvalue weighted by Gasteiger charge is 2.22. The molecule has 0 fully saturated rings. The number of aryl methyl sites for hydroxylation is 4. The number of hydrogen-bond donors (Lipinski definition) is 7. The van der Waals surface area contributed by atoms with Crippen LogP contribution in [0.2, 0.25) is 0 Å². The van der Waals surface area contributed by atoms with E-state index in [-0.39, 0.29) is 65.4 Å². The van der Waals surface area contributed by atoms with Gasteiger partial charge < -0.3 is 60.4 Å². The fraction of sp³-hybridized carbons (Fsp3) is 0.203. The van der Waals surface area contributed by atoms with E-state index >= 15 is 0 Å². The smallest absolute Gasteiger partial charge is 0.338 e. The molecule has 1 amide bonds. The molecule has 8 aromatic carbocycles. The van der Waals surface area contributed by atoms with Crippen molar-refractivity contribution >= 4 is 178 Å². The Hall–Kier alpha value is -14.5. The summed E-state index contributed by atoms with van der Waals surface area (Å²) in [4.78, 5) is 122. The van der Waals surface area contributed by atoms with Crippen molar-refractivity contribution in [2.24, 2.45) is 28.2 Å². The average molecular weight is 1530 g/mol. The predicted molar refractivity (Wildman–Crippen MR) is 417 cm³/mol.